The SMILES string of the molecule is CC1(CN)CCC1.Cl. The van der Waals surface area contributed by atoms with Gasteiger partial charge >= 0.3 is 0 Å². The summed E-state index contributed by atoms with van der Waals surface area (Å²) >= 11 is 0. The first-order valence-corrected chi connectivity index (χ1v) is 2.97. The lowest BCUT2D eigenvalue weighted by atomic mass is 9.71. The van der Waals surface area contributed by atoms with Crippen LogP contribution in [0.3, 0.4) is 0 Å². The first-order valence-electron chi connectivity index (χ1n) is 2.97. The molecule has 0 heterocycles. The molecule has 8 heavy (non-hydrogen) atoms. The number of nitrogens with two attached hydrogens (primary N) is 1. The molecule has 1 nitrogen and oxygen atoms in total. The number of halogens is 1. The van der Waals surface area contributed by atoms with Crippen LogP contribution in [-0.2, 0) is 0 Å². The van der Waals surface area contributed by atoms with Gasteiger partial charge in [0.25, 0.3) is 0 Å². The summed E-state index contributed by atoms with van der Waals surface area (Å²) in [5, 5.41) is 0. The van der Waals surface area contributed by atoms with Crippen molar-refractivity contribution < 1.29 is 0 Å². The zero-order valence-corrected chi connectivity index (χ0v) is 6.13. The van der Waals surface area contributed by atoms with Gasteiger partial charge in [0.2, 0.25) is 0 Å². The van der Waals surface area contributed by atoms with Crippen LogP contribution in [0.1, 0.15) is 26.2 Å². The van der Waals surface area contributed by atoms with Crippen LogP contribution in [0.5, 0.6) is 0 Å². The summed E-state index contributed by atoms with van der Waals surface area (Å²) in [6.07, 6.45) is 4.10. The van der Waals surface area contributed by atoms with E-state index in [0.29, 0.717) is 5.41 Å². The van der Waals surface area contributed by atoms with Gasteiger partial charge in [-0.1, -0.05) is 13.3 Å². The average Bonchev–Trinajstić information content (AvgIpc) is 1.61. The van der Waals surface area contributed by atoms with E-state index >= 15 is 0 Å². The van der Waals surface area contributed by atoms with Crippen molar-refractivity contribution in [2.75, 3.05) is 6.54 Å². The molecule has 1 saturated carbocycles. The van der Waals surface area contributed by atoms with E-state index in [1.165, 1.54) is 19.3 Å². The topological polar surface area (TPSA) is 26.0 Å². The van der Waals surface area contributed by atoms with Crippen molar-refractivity contribution in [2.45, 2.75) is 26.2 Å². The molecule has 2 heteroatoms. The second kappa shape index (κ2) is 2.70. The van der Waals surface area contributed by atoms with E-state index in [0.717, 1.165) is 6.54 Å². The Morgan fingerprint density at radius 2 is 2.00 bits per heavy atom. The number of rotatable bonds is 1. The highest BCUT2D eigenvalue weighted by Gasteiger charge is 2.29. The highest BCUT2D eigenvalue weighted by Crippen LogP contribution is 2.38. The summed E-state index contributed by atoms with van der Waals surface area (Å²) in [5.41, 5.74) is 6.01. The molecule has 1 aliphatic rings. The van der Waals surface area contributed by atoms with Crippen molar-refractivity contribution in [1.82, 2.24) is 0 Å². The van der Waals surface area contributed by atoms with E-state index in [1.54, 1.807) is 0 Å². The molecule has 0 aliphatic heterocycles. The minimum atomic E-state index is 0. The Balaban J connectivity index is 0.000000490. The summed E-state index contributed by atoms with van der Waals surface area (Å²) in [5.74, 6) is 0. The standard InChI is InChI=1S/C6H13N.ClH/c1-6(5-7)3-2-4-6;/h2-5,7H2,1H3;1H. The van der Waals surface area contributed by atoms with Crippen LogP contribution in [0.2, 0.25) is 0 Å². The third kappa shape index (κ3) is 1.36. The van der Waals surface area contributed by atoms with Crippen molar-refractivity contribution in [2.24, 2.45) is 11.1 Å². The molecular weight excluding hydrogens is 122 g/mol. The van der Waals surface area contributed by atoms with Gasteiger partial charge < -0.3 is 5.73 Å². The van der Waals surface area contributed by atoms with Crippen molar-refractivity contribution in [3.05, 3.63) is 0 Å². The molecule has 0 unspecified atom stereocenters. The fourth-order valence-corrected chi connectivity index (χ4v) is 0.984. The van der Waals surface area contributed by atoms with Gasteiger partial charge in [-0.2, -0.15) is 0 Å². The molecule has 0 aromatic carbocycles. The maximum Gasteiger partial charge on any atom is -0.00232 e. The second-order valence-corrected chi connectivity index (χ2v) is 2.87. The summed E-state index contributed by atoms with van der Waals surface area (Å²) in [6.45, 7) is 3.14. The van der Waals surface area contributed by atoms with Crippen LogP contribution in [0.4, 0.5) is 0 Å². The molecule has 1 aliphatic carbocycles. The maximum absolute atomic E-state index is 5.47. The lowest BCUT2D eigenvalue weighted by Crippen LogP contribution is -2.33. The van der Waals surface area contributed by atoms with E-state index in [-0.39, 0.29) is 12.4 Å². The van der Waals surface area contributed by atoms with E-state index in [1.807, 2.05) is 0 Å². The van der Waals surface area contributed by atoms with Gasteiger partial charge in [0.05, 0.1) is 0 Å². The summed E-state index contributed by atoms with van der Waals surface area (Å²) in [7, 11) is 0. The van der Waals surface area contributed by atoms with Gasteiger partial charge in [0.15, 0.2) is 0 Å². The molecule has 0 atom stereocenters. The smallest absolute Gasteiger partial charge is 0.00232 e. The van der Waals surface area contributed by atoms with Crippen LogP contribution in [0.15, 0.2) is 0 Å². The molecule has 0 amide bonds. The average molecular weight is 136 g/mol. The van der Waals surface area contributed by atoms with E-state index in [2.05, 4.69) is 6.92 Å². The molecule has 0 aromatic rings. The molecule has 50 valence electrons. The summed E-state index contributed by atoms with van der Waals surface area (Å²) < 4.78 is 0. The van der Waals surface area contributed by atoms with Crippen molar-refractivity contribution >= 4 is 12.4 Å². The quantitative estimate of drug-likeness (QED) is 0.580. The van der Waals surface area contributed by atoms with E-state index in [4.69, 9.17) is 5.73 Å². The maximum atomic E-state index is 5.47. The molecular formula is C6H14ClN. The van der Waals surface area contributed by atoms with Crippen LogP contribution in [0.25, 0.3) is 0 Å². The molecule has 1 fully saturated rings. The monoisotopic (exact) mass is 135 g/mol. The van der Waals surface area contributed by atoms with Gasteiger partial charge in [-0.25, -0.2) is 0 Å². The molecule has 0 spiro atoms. The zero-order chi connectivity index (χ0) is 5.33. The Morgan fingerprint density at radius 1 is 1.50 bits per heavy atom. The zero-order valence-electron chi connectivity index (χ0n) is 5.31. The predicted molar refractivity (Wildman–Crippen MR) is 38.3 cm³/mol. The fraction of sp³-hybridized carbons (Fsp3) is 1.00. The Bertz CT molecular complexity index is 63.4. The molecule has 0 saturated heterocycles. The van der Waals surface area contributed by atoms with Crippen LogP contribution in [-0.4, -0.2) is 6.54 Å². The van der Waals surface area contributed by atoms with Gasteiger partial charge in [-0.15, -0.1) is 12.4 Å². The Hall–Kier alpha value is 0.250. The number of hydrogen-bond acceptors (Lipinski definition) is 1. The molecule has 1 rings (SSSR count). The fourth-order valence-electron chi connectivity index (χ4n) is 0.984. The predicted octanol–water partition coefficient (Wildman–Crippen LogP) is 1.56. The van der Waals surface area contributed by atoms with Crippen LogP contribution in [0, 0.1) is 5.41 Å². The second-order valence-electron chi connectivity index (χ2n) is 2.87. The molecule has 0 aromatic heterocycles. The van der Waals surface area contributed by atoms with E-state index in [9.17, 15) is 0 Å². The highest BCUT2D eigenvalue weighted by molar-refractivity contribution is 5.85. The lowest BCUT2D eigenvalue weighted by molar-refractivity contribution is 0.173. The molecule has 2 N–H and O–H groups in total. The largest absolute Gasteiger partial charge is 0.330 e. The lowest BCUT2D eigenvalue weighted by Gasteiger charge is -2.36. The first-order chi connectivity index (χ1) is 3.27. The van der Waals surface area contributed by atoms with Crippen molar-refractivity contribution in [3.8, 4) is 0 Å². The minimum Gasteiger partial charge on any atom is -0.330 e. The summed E-state index contributed by atoms with van der Waals surface area (Å²) in [6, 6.07) is 0. The van der Waals surface area contributed by atoms with Gasteiger partial charge in [0, 0.05) is 0 Å². The van der Waals surface area contributed by atoms with Gasteiger partial charge in [0.1, 0.15) is 0 Å². The Morgan fingerprint density at radius 3 is 2.00 bits per heavy atom. The highest BCUT2D eigenvalue weighted by atomic mass is 35.5. The van der Waals surface area contributed by atoms with Crippen LogP contribution < -0.4 is 5.73 Å². The van der Waals surface area contributed by atoms with Crippen molar-refractivity contribution in [3.63, 3.8) is 0 Å². The Kier molecular flexibility index (Phi) is 2.78. The van der Waals surface area contributed by atoms with E-state index < -0.39 is 0 Å². The first kappa shape index (κ1) is 8.25. The normalized spacial score (nSPS) is 23.2. The summed E-state index contributed by atoms with van der Waals surface area (Å²) in [4.78, 5) is 0. The number of hydrogen-bond donors (Lipinski definition) is 1. The molecule has 0 radical (unpaired) electrons. The van der Waals surface area contributed by atoms with Crippen molar-refractivity contribution in [1.29, 1.82) is 0 Å². The van der Waals surface area contributed by atoms with Crippen LogP contribution >= 0.6 is 12.4 Å². The van der Waals surface area contributed by atoms with Gasteiger partial charge in [-0.3, -0.25) is 0 Å². The third-order valence-corrected chi connectivity index (χ3v) is 2.05. The van der Waals surface area contributed by atoms with Gasteiger partial charge in [-0.05, 0) is 24.8 Å². The third-order valence-electron chi connectivity index (χ3n) is 2.05. The Labute approximate surface area is 57.1 Å². The minimum absolute atomic E-state index is 0. The molecule has 0 bridgehead atoms.